The largest absolute Gasteiger partial charge is 0.241 e. The van der Waals surface area contributed by atoms with Crippen molar-refractivity contribution in [1.82, 2.24) is 15.0 Å². The molecule has 0 amide bonds. The zero-order valence-corrected chi connectivity index (χ0v) is 15.4. The van der Waals surface area contributed by atoms with E-state index in [1.54, 1.807) is 11.3 Å². The molecule has 2 heterocycles. The van der Waals surface area contributed by atoms with Crippen molar-refractivity contribution in [1.29, 1.82) is 0 Å². The van der Waals surface area contributed by atoms with Gasteiger partial charge in [-0.3, -0.25) is 0 Å². The van der Waals surface area contributed by atoms with Crippen molar-refractivity contribution >= 4 is 21.6 Å². The van der Waals surface area contributed by atoms with Crippen molar-refractivity contribution < 1.29 is 0 Å². The lowest BCUT2D eigenvalue weighted by atomic mass is 9.93. The Balaban J connectivity index is 1.50. The van der Waals surface area contributed by atoms with Crippen LogP contribution in [0.3, 0.4) is 0 Å². The summed E-state index contributed by atoms with van der Waals surface area (Å²) < 4.78 is 1.26. The second-order valence-corrected chi connectivity index (χ2v) is 7.65. The Kier molecular flexibility index (Phi) is 5.31. The second-order valence-electron chi connectivity index (χ2n) is 6.54. The number of aromatic nitrogens is 3. The van der Waals surface area contributed by atoms with E-state index in [0.717, 1.165) is 37.0 Å². The number of fused-ring (bicyclic) bond motifs is 1. The highest BCUT2D eigenvalue weighted by atomic mass is 32.1. The summed E-state index contributed by atoms with van der Waals surface area (Å²) in [5.74, 6) is 1.41. The van der Waals surface area contributed by atoms with Gasteiger partial charge in [0.05, 0.1) is 15.2 Å². The van der Waals surface area contributed by atoms with Gasteiger partial charge in [-0.1, -0.05) is 42.5 Å². The summed E-state index contributed by atoms with van der Waals surface area (Å²) in [6, 6.07) is 20.9. The molecule has 0 saturated carbocycles. The molecule has 2 aromatic heterocycles. The first kappa shape index (κ1) is 16.9. The van der Waals surface area contributed by atoms with Crippen LogP contribution in [0.4, 0.5) is 0 Å². The molecule has 0 aliphatic rings. The lowest BCUT2D eigenvalue weighted by molar-refractivity contribution is 0.469. The number of aryl methyl sites for hydroxylation is 1. The molecule has 1 unspecified atom stereocenters. The molecule has 0 saturated heterocycles. The highest BCUT2D eigenvalue weighted by molar-refractivity contribution is 7.18. The number of thiazole rings is 1. The van der Waals surface area contributed by atoms with Crippen LogP contribution in [0.5, 0.6) is 0 Å². The zero-order chi connectivity index (χ0) is 17.6. The molecular weight excluding hydrogens is 338 g/mol. The lowest BCUT2D eigenvalue weighted by Crippen LogP contribution is -2.12. The monoisotopic (exact) mass is 359 g/mol. The summed E-state index contributed by atoms with van der Waals surface area (Å²) in [6.07, 6.45) is 7.71. The van der Waals surface area contributed by atoms with E-state index in [1.807, 2.05) is 18.5 Å². The van der Waals surface area contributed by atoms with Gasteiger partial charge in [-0.25, -0.2) is 15.0 Å². The van der Waals surface area contributed by atoms with Crippen molar-refractivity contribution in [2.24, 2.45) is 5.92 Å². The fourth-order valence-electron chi connectivity index (χ4n) is 3.24. The third-order valence-electron chi connectivity index (χ3n) is 4.58. The number of para-hydroxylation sites is 1. The van der Waals surface area contributed by atoms with E-state index < -0.39 is 0 Å². The van der Waals surface area contributed by atoms with Crippen LogP contribution < -0.4 is 0 Å². The van der Waals surface area contributed by atoms with E-state index >= 15 is 0 Å². The summed E-state index contributed by atoms with van der Waals surface area (Å²) in [4.78, 5) is 13.7. The summed E-state index contributed by atoms with van der Waals surface area (Å²) in [7, 11) is 0. The molecule has 0 fully saturated rings. The van der Waals surface area contributed by atoms with Crippen LogP contribution in [-0.2, 0) is 19.3 Å². The predicted molar refractivity (Wildman–Crippen MR) is 107 cm³/mol. The van der Waals surface area contributed by atoms with E-state index in [2.05, 4.69) is 64.6 Å². The van der Waals surface area contributed by atoms with Gasteiger partial charge in [0.15, 0.2) is 0 Å². The second kappa shape index (κ2) is 8.19. The van der Waals surface area contributed by atoms with Crippen LogP contribution in [0.1, 0.15) is 22.8 Å². The topological polar surface area (TPSA) is 38.7 Å². The first-order valence-corrected chi connectivity index (χ1v) is 9.83. The highest BCUT2D eigenvalue weighted by Gasteiger charge is 2.15. The van der Waals surface area contributed by atoms with Crippen molar-refractivity contribution in [3.8, 4) is 0 Å². The minimum Gasteiger partial charge on any atom is -0.241 e. The van der Waals surface area contributed by atoms with E-state index in [-0.39, 0.29) is 0 Å². The zero-order valence-electron chi connectivity index (χ0n) is 14.6. The van der Waals surface area contributed by atoms with E-state index in [4.69, 9.17) is 4.98 Å². The van der Waals surface area contributed by atoms with E-state index in [1.165, 1.54) is 15.3 Å². The van der Waals surface area contributed by atoms with Gasteiger partial charge in [0.25, 0.3) is 0 Å². The molecule has 0 N–H and O–H groups in total. The molecular formula is C22H21N3S. The number of nitrogens with zero attached hydrogens (tertiary/aromatic N) is 3. The quantitative estimate of drug-likeness (QED) is 0.460. The molecule has 0 aliphatic carbocycles. The van der Waals surface area contributed by atoms with Gasteiger partial charge in [-0.2, -0.15) is 0 Å². The van der Waals surface area contributed by atoms with Crippen molar-refractivity contribution in [3.63, 3.8) is 0 Å². The van der Waals surface area contributed by atoms with Crippen LogP contribution in [0.25, 0.3) is 10.2 Å². The Bertz CT molecular complexity index is 918. The fourth-order valence-corrected chi connectivity index (χ4v) is 4.32. The van der Waals surface area contributed by atoms with Gasteiger partial charge in [-0.15, -0.1) is 11.3 Å². The standard InChI is InChI=1S/C22H21N3S/c1-2-7-17(8-3-1)11-12-18(15-21-23-13-6-14-24-21)16-22-25-19-9-4-5-10-20(19)26-22/h1-10,13-14,18H,11-12,15-16H2. The molecule has 0 radical (unpaired) electrons. The number of hydrogen-bond donors (Lipinski definition) is 0. The molecule has 2 aromatic carbocycles. The van der Waals surface area contributed by atoms with Crippen molar-refractivity contribution in [3.05, 3.63) is 89.5 Å². The minimum atomic E-state index is 0.484. The van der Waals surface area contributed by atoms with Crippen molar-refractivity contribution in [2.45, 2.75) is 25.7 Å². The Morgan fingerprint density at radius 1 is 0.808 bits per heavy atom. The highest BCUT2D eigenvalue weighted by Crippen LogP contribution is 2.26. The lowest BCUT2D eigenvalue weighted by Gasteiger charge is -2.15. The molecule has 4 heteroatoms. The molecule has 0 aliphatic heterocycles. The minimum absolute atomic E-state index is 0.484. The molecule has 4 aromatic rings. The molecule has 26 heavy (non-hydrogen) atoms. The third-order valence-corrected chi connectivity index (χ3v) is 5.63. The van der Waals surface area contributed by atoms with E-state index in [9.17, 15) is 0 Å². The first-order chi connectivity index (χ1) is 12.9. The van der Waals surface area contributed by atoms with Gasteiger partial charge in [0.2, 0.25) is 0 Å². The normalized spacial score (nSPS) is 12.3. The van der Waals surface area contributed by atoms with Gasteiger partial charge in [0, 0.05) is 25.2 Å². The Labute approximate surface area is 157 Å². The summed E-state index contributed by atoms with van der Waals surface area (Å²) in [6.45, 7) is 0. The van der Waals surface area contributed by atoms with Crippen LogP contribution >= 0.6 is 11.3 Å². The van der Waals surface area contributed by atoms with Crippen LogP contribution in [0.2, 0.25) is 0 Å². The predicted octanol–water partition coefficient (Wildman–Crippen LogP) is 5.12. The average Bonchev–Trinajstić information content (AvgIpc) is 3.10. The summed E-state index contributed by atoms with van der Waals surface area (Å²) >= 11 is 1.81. The van der Waals surface area contributed by atoms with Gasteiger partial charge in [-0.05, 0) is 42.5 Å². The van der Waals surface area contributed by atoms with Gasteiger partial charge >= 0.3 is 0 Å². The molecule has 3 nitrogen and oxygen atoms in total. The Morgan fingerprint density at radius 3 is 2.38 bits per heavy atom. The fraction of sp³-hybridized carbons (Fsp3) is 0.227. The summed E-state index contributed by atoms with van der Waals surface area (Å²) in [5.41, 5.74) is 2.49. The Morgan fingerprint density at radius 2 is 1.58 bits per heavy atom. The molecule has 1 atom stereocenters. The maximum Gasteiger partial charge on any atom is 0.128 e. The maximum atomic E-state index is 4.83. The molecule has 0 spiro atoms. The third kappa shape index (κ3) is 4.33. The number of rotatable bonds is 7. The number of hydrogen-bond acceptors (Lipinski definition) is 4. The van der Waals surface area contributed by atoms with Crippen LogP contribution in [-0.4, -0.2) is 15.0 Å². The van der Waals surface area contributed by atoms with Gasteiger partial charge in [0.1, 0.15) is 5.82 Å². The molecule has 0 bridgehead atoms. The average molecular weight is 359 g/mol. The molecule has 4 rings (SSSR count). The van der Waals surface area contributed by atoms with Crippen LogP contribution in [0, 0.1) is 5.92 Å². The van der Waals surface area contributed by atoms with Crippen molar-refractivity contribution in [2.75, 3.05) is 0 Å². The SMILES string of the molecule is c1ccc(CCC(Cc2ncccn2)Cc2nc3ccccc3s2)cc1. The first-order valence-electron chi connectivity index (χ1n) is 9.01. The van der Waals surface area contributed by atoms with Gasteiger partial charge < -0.3 is 0 Å². The molecule has 130 valence electrons. The Hall–Kier alpha value is -2.59. The van der Waals surface area contributed by atoms with E-state index in [0.29, 0.717) is 5.92 Å². The smallest absolute Gasteiger partial charge is 0.128 e. The maximum absolute atomic E-state index is 4.83. The summed E-state index contributed by atoms with van der Waals surface area (Å²) in [5, 5.41) is 1.21. The number of benzene rings is 2. The van der Waals surface area contributed by atoms with Crippen LogP contribution in [0.15, 0.2) is 73.1 Å².